The van der Waals surface area contributed by atoms with Crippen molar-refractivity contribution < 1.29 is 23.9 Å². The summed E-state index contributed by atoms with van der Waals surface area (Å²) in [7, 11) is 0. The van der Waals surface area contributed by atoms with Gasteiger partial charge in [0.15, 0.2) is 5.78 Å². The molecule has 6 nitrogen and oxygen atoms in total. The number of ketones is 1. The van der Waals surface area contributed by atoms with Crippen LogP contribution in [-0.2, 0) is 19.1 Å². The van der Waals surface area contributed by atoms with Crippen molar-refractivity contribution in [2.45, 2.75) is 45.4 Å². The van der Waals surface area contributed by atoms with E-state index in [0.29, 0.717) is 35.4 Å². The van der Waals surface area contributed by atoms with Crippen molar-refractivity contribution in [3.63, 3.8) is 0 Å². The van der Waals surface area contributed by atoms with Gasteiger partial charge in [0.2, 0.25) is 0 Å². The van der Waals surface area contributed by atoms with Gasteiger partial charge in [-0.1, -0.05) is 18.2 Å². The number of thiophene rings is 1. The molecule has 2 atom stereocenters. The molecule has 0 saturated carbocycles. The predicted molar refractivity (Wildman–Crippen MR) is 121 cm³/mol. The van der Waals surface area contributed by atoms with Gasteiger partial charge in [-0.05, 0) is 49.4 Å². The molecular formula is C25H25NO5S. The van der Waals surface area contributed by atoms with E-state index in [1.165, 1.54) is 11.8 Å². The standard InChI is InChI=1S/C25H25NO5S/c1-4-30-25(29)22-14(2)26-19-12-17(21-6-5-11-32-21)13-20(28)24(19)23(22)16-7-9-18(10-8-16)31-15(3)27/h5-11,17,23,26H,4,12-13H2,1-3H3/t17-,23+/m1/s1. The minimum atomic E-state index is -0.534. The Hall–Kier alpha value is -3.19. The van der Waals surface area contributed by atoms with E-state index in [-0.39, 0.29) is 18.3 Å². The average Bonchev–Trinajstić information content (AvgIpc) is 3.28. The molecule has 0 amide bonds. The van der Waals surface area contributed by atoms with E-state index < -0.39 is 17.9 Å². The van der Waals surface area contributed by atoms with Crippen LogP contribution in [0, 0.1) is 0 Å². The third-order valence-corrected chi connectivity index (χ3v) is 6.78. The third-order valence-electron chi connectivity index (χ3n) is 5.74. The molecule has 4 rings (SSSR count). The lowest BCUT2D eigenvalue weighted by Crippen LogP contribution is -2.36. The zero-order valence-electron chi connectivity index (χ0n) is 18.3. The van der Waals surface area contributed by atoms with Gasteiger partial charge in [0.05, 0.1) is 12.2 Å². The number of allylic oxidation sites excluding steroid dienone is 3. The first-order chi connectivity index (χ1) is 15.4. The van der Waals surface area contributed by atoms with Crippen LogP contribution in [0.4, 0.5) is 0 Å². The first kappa shape index (κ1) is 22.0. The van der Waals surface area contributed by atoms with Crippen LogP contribution in [0.5, 0.6) is 5.75 Å². The Labute approximate surface area is 190 Å². The number of hydrogen-bond donors (Lipinski definition) is 1. The van der Waals surface area contributed by atoms with Crippen LogP contribution in [0.15, 0.2) is 64.3 Å². The minimum Gasteiger partial charge on any atom is -0.463 e. The number of Topliss-reactive ketones (excluding diaryl/α,β-unsaturated/α-hetero) is 1. The summed E-state index contributed by atoms with van der Waals surface area (Å²) in [6, 6.07) is 11.0. The average molecular weight is 452 g/mol. The topological polar surface area (TPSA) is 81.7 Å². The van der Waals surface area contributed by atoms with Gasteiger partial charge in [-0.2, -0.15) is 0 Å². The van der Waals surface area contributed by atoms with Gasteiger partial charge in [0.25, 0.3) is 0 Å². The fraction of sp³-hybridized carbons (Fsp3) is 0.320. The van der Waals surface area contributed by atoms with Gasteiger partial charge in [0.1, 0.15) is 5.75 Å². The molecule has 2 heterocycles. The highest BCUT2D eigenvalue weighted by molar-refractivity contribution is 7.10. The molecule has 32 heavy (non-hydrogen) atoms. The normalized spacial score (nSPS) is 20.5. The summed E-state index contributed by atoms with van der Waals surface area (Å²) in [5.41, 5.74) is 3.39. The lowest BCUT2D eigenvalue weighted by molar-refractivity contribution is -0.139. The number of ether oxygens (including phenoxy) is 2. The summed E-state index contributed by atoms with van der Waals surface area (Å²) in [4.78, 5) is 38.8. The van der Waals surface area contributed by atoms with Crippen LogP contribution in [0.2, 0.25) is 0 Å². The van der Waals surface area contributed by atoms with Crippen molar-refractivity contribution in [3.05, 3.63) is 74.8 Å². The summed E-state index contributed by atoms with van der Waals surface area (Å²) < 4.78 is 10.5. The number of rotatable bonds is 5. The Morgan fingerprint density at radius 3 is 2.53 bits per heavy atom. The smallest absolute Gasteiger partial charge is 0.336 e. The first-order valence-corrected chi connectivity index (χ1v) is 11.5. The third kappa shape index (κ3) is 4.25. The molecule has 1 N–H and O–H groups in total. The van der Waals surface area contributed by atoms with E-state index >= 15 is 0 Å². The number of benzene rings is 1. The SMILES string of the molecule is CCOC(=O)C1=C(C)NC2=C(C(=O)C[C@H](c3cccs3)C2)[C@H]1c1ccc(OC(C)=O)cc1. The summed E-state index contributed by atoms with van der Waals surface area (Å²) in [6.45, 7) is 5.19. The van der Waals surface area contributed by atoms with E-state index in [9.17, 15) is 14.4 Å². The number of nitrogens with one attached hydrogen (secondary N) is 1. The zero-order chi connectivity index (χ0) is 22.8. The molecule has 0 spiro atoms. The van der Waals surface area contributed by atoms with Crippen molar-refractivity contribution in [1.29, 1.82) is 0 Å². The molecule has 7 heteroatoms. The monoisotopic (exact) mass is 451 g/mol. The maximum atomic E-state index is 13.4. The van der Waals surface area contributed by atoms with Gasteiger partial charge in [-0.3, -0.25) is 9.59 Å². The minimum absolute atomic E-state index is 0.0283. The molecule has 166 valence electrons. The van der Waals surface area contributed by atoms with Crippen molar-refractivity contribution in [2.75, 3.05) is 6.61 Å². The fourth-order valence-electron chi connectivity index (χ4n) is 4.47. The van der Waals surface area contributed by atoms with Gasteiger partial charge in [-0.25, -0.2) is 4.79 Å². The summed E-state index contributed by atoms with van der Waals surface area (Å²) in [5, 5.41) is 5.36. The molecule has 2 aromatic rings. The fourth-order valence-corrected chi connectivity index (χ4v) is 5.30. The number of carbonyl (C=O) groups excluding carboxylic acids is 3. The van der Waals surface area contributed by atoms with Crippen LogP contribution >= 0.6 is 11.3 Å². The van der Waals surface area contributed by atoms with E-state index in [1.54, 1.807) is 42.5 Å². The molecule has 0 radical (unpaired) electrons. The summed E-state index contributed by atoms with van der Waals surface area (Å²) >= 11 is 1.66. The molecule has 2 aliphatic rings. The van der Waals surface area contributed by atoms with Crippen LogP contribution in [0.1, 0.15) is 55.9 Å². The van der Waals surface area contributed by atoms with Crippen LogP contribution in [-0.4, -0.2) is 24.3 Å². The predicted octanol–water partition coefficient (Wildman–Crippen LogP) is 4.60. The molecule has 0 fully saturated rings. The second-order valence-corrected chi connectivity index (χ2v) is 8.90. The van der Waals surface area contributed by atoms with E-state index in [0.717, 1.165) is 11.3 Å². The van der Waals surface area contributed by atoms with Crippen molar-refractivity contribution in [1.82, 2.24) is 5.32 Å². The second-order valence-electron chi connectivity index (χ2n) is 7.92. The molecule has 0 saturated heterocycles. The Kier molecular flexibility index (Phi) is 6.28. The van der Waals surface area contributed by atoms with E-state index in [1.807, 2.05) is 18.4 Å². The quantitative estimate of drug-likeness (QED) is 0.529. The molecular weight excluding hydrogens is 426 g/mol. The van der Waals surface area contributed by atoms with E-state index in [4.69, 9.17) is 9.47 Å². The maximum absolute atomic E-state index is 13.4. The molecule has 1 aliphatic carbocycles. The van der Waals surface area contributed by atoms with Crippen molar-refractivity contribution in [2.24, 2.45) is 0 Å². The number of carbonyl (C=O) groups is 3. The summed E-state index contributed by atoms with van der Waals surface area (Å²) in [5.74, 6) is -0.817. The van der Waals surface area contributed by atoms with Gasteiger partial charge >= 0.3 is 11.9 Å². The highest BCUT2D eigenvalue weighted by Crippen LogP contribution is 2.46. The van der Waals surface area contributed by atoms with Gasteiger partial charge in [0, 0.05) is 47.0 Å². The Morgan fingerprint density at radius 2 is 1.91 bits per heavy atom. The molecule has 1 aliphatic heterocycles. The second kappa shape index (κ2) is 9.12. The Bertz CT molecular complexity index is 1110. The number of esters is 2. The van der Waals surface area contributed by atoms with Gasteiger partial charge < -0.3 is 14.8 Å². The summed E-state index contributed by atoms with van der Waals surface area (Å²) in [6.07, 6.45) is 1.11. The van der Waals surface area contributed by atoms with Crippen molar-refractivity contribution >= 4 is 29.1 Å². The lowest BCUT2D eigenvalue weighted by atomic mass is 9.72. The molecule has 0 unspecified atom stereocenters. The maximum Gasteiger partial charge on any atom is 0.336 e. The molecule has 1 aromatic heterocycles. The Morgan fingerprint density at radius 1 is 1.16 bits per heavy atom. The van der Waals surface area contributed by atoms with Crippen LogP contribution < -0.4 is 10.1 Å². The highest BCUT2D eigenvalue weighted by Gasteiger charge is 2.41. The van der Waals surface area contributed by atoms with E-state index in [2.05, 4.69) is 11.4 Å². The highest BCUT2D eigenvalue weighted by atomic mass is 32.1. The number of hydrogen-bond acceptors (Lipinski definition) is 7. The largest absolute Gasteiger partial charge is 0.463 e. The first-order valence-electron chi connectivity index (χ1n) is 10.6. The lowest BCUT2D eigenvalue weighted by Gasteiger charge is -2.36. The van der Waals surface area contributed by atoms with Crippen molar-refractivity contribution in [3.8, 4) is 5.75 Å². The van der Waals surface area contributed by atoms with Gasteiger partial charge in [-0.15, -0.1) is 11.3 Å². The van der Waals surface area contributed by atoms with Crippen LogP contribution in [0.3, 0.4) is 0 Å². The number of dihydropyridines is 1. The zero-order valence-corrected chi connectivity index (χ0v) is 19.1. The van der Waals surface area contributed by atoms with Crippen LogP contribution in [0.25, 0.3) is 0 Å². The molecule has 1 aromatic carbocycles. The molecule has 0 bridgehead atoms. The Balaban J connectivity index is 1.77.